The molecule has 3 atom stereocenters. The maximum absolute atomic E-state index is 6.01. The number of halogens is 1. The van der Waals surface area contributed by atoms with Crippen LogP contribution in [0.3, 0.4) is 0 Å². The molecule has 3 fully saturated rings. The van der Waals surface area contributed by atoms with E-state index in [2.05, 4.69) is 40.6 Å². The number of ether oxygens (including phenoxy) is 1. The van der Waals surface area contributed by atoms with Gasteiger partial charge in [0.15, 0.2) is 5.96 Å². The number of nitrogens with one attached hydrogen (secondary N) is 2. The van der Waals surface area contributed by atoms with Gasteiger partial charge in [-0.2, -0.15) is 0 Å². The Bertz CT molecular complexity index is 596. The summed E-state index contributed by atoms with van der Waals surface area (Å²) in [6.07, 6.45) is 9.87. The number of hydrogen-bond donors (Lipinski definition) is 2. The zero-order valence-corrected chi connectivity index (χ0v) is 17.0. The third-order valence-corrected chi connectivity index (χ3v) is 5.99. The van der Waals surface area contributed by atoms with Gasteiger partial charge < -0.3 is 19.9 Å². The van der Waals surface area contributed by atoms with E-state index in [4.69, 9.17) is 9.73 Å². The van der Waals surface area contributed by atoms with E-state index in [-0.39, 0.29) is 24.0 Å². The molecule has 2 heterocycles. The molecule has 3 unspecified atom stereocenters. The van der Waals surface area contributed by atoms with Crippen LogP contribution in [0, 0.1) is 11.3 Å². The first-order valence-corrected chi connectivity index (χ1v) is 9.00. The van der Waals surface area contributed by atoms with Gasteiger partial charge >= 0.3 is 0 Å². The quantitative estimate of drug-likeness (QED) is 0.427. The summed E-state index contributed by atoms with van der Waals surface area (Å²) in [6, 6.07) is 2.67. The first-order valence-electron chi connectivity index (χ1n) is 9.00. The van der Waals surface area contributed by atoms with Gasteiger partial charge in [-0.15, -0.1) is 24.0 Å². The van der Waals surface area contributed by atoms with E-state index in [1.807, 2.05) is 7.05 Å². The number of aromatic nitrogens is 1. The number of hydrogen-bond acceptors (Lipinski definition) is 2. The smallest absolute Gasteiger partial charge is 0.191 e. The molecule has 0 amide bonds. The fraction of sp³-hybridized carbons (Fsp3) is 0.722. The summed E-state index contributed by atoms with van der Waals surface area (Å²) in [7, 11) is 2.05. The fourth-order valence-electron chi connectivity index (χ4n) is 4.75. The second-order valence-corrected chi connectivity index (χ2v) is 7.33. The van der Waals surface area contributed by atoms with Gasteiger partial charge in [-0.1, -0.05) is 6.42 Å². The molecule has 1 saturated heterocycles. The lowest BCUT2D eigenvalue weighted by atomic mass is 9.46. The predicted octanol–water partition coefficient (Wildman–Crippen LogP) is 2.66. The van der Waals surface area contributed by atoms with Gasteiger partial charge in [0, 0.05) is 50.0 Å². The Morgan fingerprint density at radius 2 is 2.29 bits per heavy atom. The minimum atomic E-state index is 0. The molecule has 2 N–H and O–H groups in total. The highest BCUT2D eigenvalue weighted by Crippen LogP contribution is 2.62. The first-order chi connectivity index (χ1) is 11.2. The number of guanidine groups is 1. The molecule has 0 bridgehead atoms. The van der Waals surface area contributed by atoms with Crippen molar-refractivity contribution < 1.29 is 4.74 Å². The number of rotatable bonds is 4. The molecule has 2 aliphatic carbocycles. The average Bonchev–Trinajstić information content (AvgIpc) is 3.08. The number of fused-ring (bicyclic) bond motifs is 2. The van der Waals surface area contributed by atoms with Crippen LogP contribution in [0.2, 0.25) is 0 Å². The molecule has 0 aromatic carbocycles. The van der Waals surface area contributed by atoms with Gasteiger partial charge in [-0.05, 0) is 37.8 Å². The Balaban J connectivity index is 0.00000169. The lowest BCUT2D eigenvalue weighted by Crippen LogP contribution is -2.72. The van der Waals surface area contributed by atoms with Crippen LogP contribution in [0.1, 0.15) is 38.2 Å². The van der Waals surface area contributed by atoms with Gasteiger partial charge in [0.25, 0.3) is 0 Å². The van der Waals surface area contributed by atoms with Crippen LogP contribution < -0.4 is 10.6 Å². The Hall–Kier alpha value is -0.760. The van der Waals surface area contributed by atoms with E-state index in [9.17, 15) is 0 Å². The summed E-state index contributed by atoms with van der Waals surface area (Å²) in [5.41, 5.74) is 1.64. The molecule has 1 aromatic heterocycles. The molecule has 2 saturated carbocycles. The van der Waals surface area contributed by atoms with E-state index in [1.165, 1.54) is 31.2 Å². The van der Waals surface area contributed by atoms with E-state index in [0.29, 0.717) is 23.5 Å². The van der Waals surface area contributed by atoms with Crippen molar-refractivity contribution in [2.24, 2.45) is 23.4 Å². The molecule has 5 nitrogen and oxygen atoms in total. The molecular formula is C18H29IN4O. The second-order valence-electron chi connectivity index (χ2n) is 7.33. The average molecular weight is 444 g/mol. The highest BCUT2D eigenvalue weighted by atomic mass is 127. The Kier molecular flexibility index (Phi) is 5.44. The number of aliphatic imine (C=N–C) groups is 1. The summed E-state index contributed by atoms with van der Waals surface area (Å²) in [5, 5.41) is 7.16. The number of nitrogens with zero attached hydrogens (tertiary/aromatic N) is 2. The van der Waals surface area contributed by atoms with Crippen molar-refractivity contribution in [3.8, 4) is 0 Å². The number of aryl methyl sites for hydroxylation is 1. The molecule has 0 radical (unpaired) electrons. The van der Waals surface area contributed by atoms with Crippen LogP contribution in [-0.2, 0) is 18.3 Å². The van der Waals surface area contributed by atoms with Crippen molar-refractivity contribution in [1.82, 2.24) is 15.2 Å². The van der Waals surface area contributed by atoms with E-state index >= 15 is 0 Å². The van der Waals surface area contributed by atoms with Crippen LogP contribution in [0.4, 0.5) is 0 Å². The first kappa shape index (κ1) is 18.0. The minimum absolute atomic E-state index is 0. The summed E-state index contributed by atoms with van der Waals surface area (Å²) in [5.74, 6) is 1.63. The minimum Gasteiger partial charge on any atom is -0.377 e. The maximum atomic E-state index is 6.01. The van der Waals surface area contributed by atoms with E-state index in [1.54, 1.807) is 0 Å². The Labute approximate surface area is 161 Å². The normalized spacial score (nSPS) is 30.1. The maximum Gasteiger partial charge on any atom is 0.191 e. The van der Waals surface area contributed by atoms with Crippen LogP contribution in [0.15, 0.2) is 23.5 Å². The molecule has 3 aliphatic rings. The van der Waals surface area contributed by atoms with Crippen molar-refractivity contribution in [1.29, 1.82) is 0 Å². The summed E-state index contributed by atoms with van der Waals surface area (Å²) >= 11 is 0. The largest absolute Gasteiger partial charge is 0.377 e. The lowest BCUT2D eigenvalue weighted by molar-refractivity contribution is -0.171. The van der Waals surface area contributed by atoms with Crippen LogP contribution in [-0.4, -0.2) is 35.8 Å². The van der Waals surface area contributed by atoms with Gasteiger partial charge in [-0.3, -0.25) is 0 Å². The standard InChI is InChI=1S/C18H28N4O.HI/c1-3-19-17(20-11-13-5-9-22(2)12-13)21-15-14-6-10-23-16(14)18(15)7-4-8-18;/h5,9,12,14-16H,3-4,6-8,10-11H2,1-2H3,(H2,19,20,21);1H. The van der Waals surface area contributed by atoms with E-state index < -0.39 is 0 Å². The zero-order chi connectivity index (χ0) is 15.9. The van der Waals surface area contributed by atoms with Crippen LogP contribution in [0.5, 0.6) is 0 Å². The van der Waals surface area contributed by atoms with E-state index in [0.717, 1.165) is 25.7 Å². The zero-order valence-electron chi connectivity index (χ0n) is 14.6. The SMILES string of the molecule is CCNC(=NCc1ccn(C)c1)NC1C2CCOC2C12CCC2.I. The van der Waals surface area contributed by atoms with Crippen LogP contribution in [0.25, 0.3) is 0 Å². The molecule has 1 aromatic rings. The van der Waals surface area contributed by atoms with Crippen LogP contribution >= 0.6 is 24.0 Å². The van der Waals surface area contributed by atoms with Gasteiger partial charge in [-0.25, -0.2) is 4.99 Å². The van der Waals surface area contributed by atoms with Gasteiger partial charge in [0.05, 0.1) is 12.6 Å². The molecule has 1 spiro atoms. The lowest BCUT2D eigenvalue weighted by Gasteiger charge is -2.63. The molecule has 24 heavy (non-hydrogen) atoms. The summed E-state index contributed by atoms with van der Waals surface area (Å²) in [4.78, 5) is 4.80. The molecule has 134 valence electrons. The van der Waals surface area contributed by atoms with Crippen molar-refractivity contribution in [3.63, 3.8) is 0 Å². The monoisotopic (exact) mass is 444 g/mol. The Morgan fingerprint density at radius 3 is 2.92 bits per heavy atom. The summed E-state index contributed by atoms with van der Waals surface area (Å²) < 4.78 is 8.08. The molecule has 4 rings (SSSR count). The van der Waals surface area contributed by atoms with Crippen molar-refractivity contribution in [3.05, 3.63) is 24.0 Å². The van der Waals surface area contributed by atoms with Crippen molar-refractivity contribution >= 4 is 29.9 Å². The highest BCUT2D eigenvalue weighted by Gasteiger charge is 2.66. The third kappa shape index (κ3) is 2.96. The molecular weight excluding hydrogens is 415 g/mol. The topological polar surface area (TPSA) is 50.6 Å². The van der Waals surface area contributed by atoms with Crippen molar-refractivity contribution in [2.75, 3.05) is 13.2 Å². The van der Waals surface area contributed by atoms with Gasteiger partial charge in [0.2, 0.25) is 0 Å². The second kappa shape index (κ2) is 7.23. The summed E-state index contributed by atoms with van der Waals surface area (Å²) in [6.45, 7) is 4.68. The molecule has 6 heteroatoms. The third-order valence-electron chi connectivity index (χ3n) is 5.99. The predicted molar refractivity (Wildman–Crippen MR) is 107 cm³/mol. The molecule has 1 aliphatic heterocycles. The van der Waals surface area contributed by atoms with Crippen molar-refractivity contribution in [2.45, 2.75) is 51.3 Å². The Morgan fingerprint density at radius 1 is 1.46 bits per heavy atom. The van der Waals surface area contributed by atoms with Gasteiger partial charge in [0.1, 0.15) is 0 Å². The fourth-order valence-corrected chi connectivity index (χ4v) is 4.75. The highest BCUT2D eigenvalue weighted by molar-refractivity contribution is 14.0.